The molecule has 4 rings (SSSR count). The van der Waals surface area contributed by atoms with Gasteiger partial charge in [0.15, 0.2) is 5.65 Å². The van der Waals surface area contributed by atoms with Crippen molar-refractivity contribution in [2.75, 3.05) is 32.8 Å². The van der Waals surface area contributed by atoms with Crippen LogP contribution in [0, 0.1) is 5.82 Å². The average molecular weight is 455 g/mol. The van der Waals surface area contributed by atoms with Gasteiger partial charge in [0, 0.05) is 38.1 Å². The molecule has 0 radical (unpaired) electrons. The van der Waals surface area contributed by atoms with Gasteiger partial charge in [-0.05, 0) is 50.2 Å². The number of esters is 1. The van der Waals surface area contributed by atoms with E-state index in [9.17, 15) is 14.0 Å². The van der Waals surface area contributed by atoms with E-state index >= 15 is 0 Å². The fourth-order valence-electron chi connectivity index (χ4n) is 3.84. The molecule has 1 aliphatic rings. The van der Waals surface area contributed by atoms with Crippen LogP contribution in [0.4, 0.5) is 9.18 Å². The number of piperazine rings is 1. The van der Waals surface area contributed by atoms with Crippen LogP contribution < -0.4 is 5.32 Å². The standard InChI is InChI=1S/C23H27FN6O3/c1-3-33-22(31)16(2)26-23(32)29-13-11-28(12-14-29)15-20-27-19-5-4-10-25-21(19)30(20)18-8-6-17(24)7-9-18/h4-10,16H,3,11-15H2,1-2H3,(H,26,32). The number of carbonyl (C=O) groups is 2. The molecule has 1 atom stereocenters. The van der Waals surface area contributed by atoms with Crippen LogP contribution in [0.2, 0.25) is 0 Å². The molecule has 1 unspecified atom stereocenters. The lowest BCUT2D eigenvalue weighted by molar-refractivity contribution is -0.144. The smallest absolute Gasteiger partial charge is 0.328 e. The van der Waals surface area contributed by atoms with Crippen molar-refractivity contribution in [3.63, 3.8) is 0 Å². The summed E-state index contributed by atoms with van der Waals surface area (Å²) in [7, 11) is 0. The minimum absolute atomic E-state index is 0.274. The largest absolute Gasteiger partial charge is 0.464 e. The van der Waals surface area contributed by atoms with Crippen LogP contribution in [0.1, 0.15) is 19.7 Å². The number of halogens is 1. The van der Waals surface area contributed by atoms with Gasteiger partial charge in [0.05, 0.1) is 13.2 Å². The monoisotopic (exact) mass is 454 g/mol. The summed E-state index contributed by atoms with van der Waals surface area (Å²) >= 11 is 0. The Balaban J connectivity index is 1.43. The minimum Gasteiger partial charge on any atom is -0.464 e. The lowest BCUT2D eigenvalue weighted by atomic mass is 10.3. The third-order valence-electron chi connectivity index (χ3n) is 5.57. The van der Waals surface area contributed by atoms with Crippen LogP contribution in [0.3, 0.4) is 0 Å². The number of ether oxygens (including phenoxy) is 1. The Kier molecular flexibility index (Phi) is 6.83. The fourth-order valence-corrected chi connectivity index (χ4v) is 3.84. The number of benzene rings is 1. The predicted molar refractivity (Wildman–Crippen MR) is 120 cm³/mol. The maximum absolute atomic E-state index is 13.5. The fraction of sp³-hybridized carbons (Fsp3) is 0.391. The van der Waals surface area contributed by atoms with Crippen molar-refractivity contribution in [3.05, 3.63) is 54.2 Å². The second-order valence-corrected chi connectivity index (χ2v) is 7.87. The summed E-state index contributed by atoms with van der Waals surface area (Å²) in [6.07, 6.45) is 1.71. The Morgan fingerprint density at radius 3 is 2.58 bits per heavy atom. The van der Waals surface area contributed by atoms with E-state index in [1.165, 1.54) is 12.1 Å². The molecule has 0 bridgehead atoms. The first-order chi connectivity index (χ1) is 16.0. The maximum atomic E-state index is 13.5. The highest BCUT2D eigenvalue weighted by Crippen LogP contribution is 2.21. The number of hydrogen-bond donors (Lipinski definition) is 1. The summed E-state index contributed by atoms with van der Waals surface area (Å²) < 4.78 is 20.3. The zero-order valence-corrected chi connectivity index (χ0v) is 18.7. The predicted octanol–water partition coefficient (Wildman–Crippen LogP) is 2.34. The highest BCUT2D eigenvalue weighted by Gasteiger charge is 2.25. The van der Waals surface area contributed by atoms with Gasteiger partial charge < -0.3 is 15.0 Å². The number of nitrogens with one attached hydrogen (secondary N) is 1. The summed E-state index contributed by atoms with van der Waals surface area (Å²) in [5.41, 5.74) is 2.27. The molecule has 0 saturated carbocycles. The van der Waals surface area contributed by atoms with Crippen LogP contribution in [0.5, 0.6) is 0 Å². The Hall–Kier alpha value is -3.53. The highest BCUT2D eigenvalue weighted by molar-refractivity contribution is 5.83. The maximum Gasteiger partial charge on any atom is 0.328 e. The Labute approximate surface area is 191 Å². The summed E-state index contributed by atoms with van der Waals surface area (Å²) in [6, 6.07) is 9.02. The normalized spacial score (nSPS) is 15.4. The van der Waals surface area contributed by atoms with Gasteiger partial charge in [0.2, 0.25) is 0 Å². The zero-order chi connectivity index (χ0) is 23.4. The number of amides is 2. The molecule has 9 nitrogen and oxygen atoms in total. The zero-order valence-electron chi connectivity index (χ0n) is 18.7. The van der Waals surface area contributed by atoms with Crippen molar-refractivity contribution in [1.29, 1.82) is 0 Å². The van der Waals surface area contributed by atoms with Gasteiger partial charge in [0.25, 0.3) is 0 Å². The quantitative estimate of drug-likeness (QED) is 0.575. The van der Waals surface area contributed by atoms with E-state index in [0.29, 0.717) is 38.4 Å². The number of urea groups is 1. The van der Waals surface area contributed by atoms with Gasteiger partial charge in [-0.2, -0.15) is 0 Å². The van der Waals surface area contributed by atoms with Crippen molar-refractivity contribution in [3.8, 4) is 5.69 Å². The van der Waals surface area contributed by atoms with E-state index in [1.807, 2.05) is 16.7 Å². The first kappa shape index (κ1) is 22.7. The molecule has 3 aromatic rings. The third kappa shape index (κ3) is 5.11. The molecule has 1 fully saturated rings. The number of pyridine rings is 1. The molecule has 2 amide bonds. The summed E-state index contributed by atoms with van der Waals surface area (Å²) in [4.78, 5) is 37.4. The van der Waals surface area contributed by atoms with Gasteiger partial charge in [-0.25, -0.2) is 23.9 Å². The van der Waals surface area contributed by atoms with Crippen molar-refractivity contribution < 1.29 is 18.7 Å². The van der Waals surface area contributed by atoms with Gasteiger partial charge in [-0.3, -0.25) is 9.47 Å². The summed E-state index contributed by atoms with van der Waals surface area (Å²) in [5.74, 6) is 0.0475. The average Bonchev–Trinajstić information content (AvgIpc) is 3.18. The molecular weight excluding hydrogens is 427 g/mol. The number of hydrogen-bond acceptors (Lipinski definition) is 6. The molecule has 1 N–H and O–H groups in total. The number of carbonyl (C=O) groups excluding carboxylic acids is 2. The number of fused-ring (bicyclic) bond motifs is 1. The summed E-state index contributed by atoms with van der Waals surface area (Å²) in [6.45, 7) is 6.53. The van der Waals surface area contributed by atoms with Crippen molar-refractivity contribution in [1.82, 2.24) is 29.7 Å². The Bertz CT molecular complexity index is 1120. The molecule has 1 aromatic carbocycles. The molecular formula is C23H27FN6O3. The minimum atomic E-state index is -0.696. The topological polar surface area (TPSA) is 92.6 Å². The molecule has 2 aromatic heterocycles. The van der Waals surface area contributed by atoms with E-state index in [4.69, 9.17) is 9.72 Å². The SMILES string of the molecule is CCOC(=O)C(C)NC(=O)N1CCN(Cc2nc3cccnc3n2-c2ccc(F)cc2)CC1. The van der Waals surface area contributed by atoms with Crippen LogP contribution in [0.15, 0.2) is 42.6 Å². The van der Waals surface area contributed by atoms with Gasteiger partial charge in [-0.1, -0.05) is 0 Å². The molecule has 1 aliphatic heterocycles. The van der Waals surface area contributed by atoms with Crippen LogP contribution >= 0.6 is 0 Å². The van der Waals surface area contributed by atoms with E-state index in [-0.39, 0.29) is 18.5 Å². The molecule has 1 saturated heterocycles. The first-order valence-corrected chi connectivity index (χ1v) is 11.0. The van der Waals surface area contributed by atoms with Crippen molar-refractivity contribution in [2.45, 2.75) is 26.4 Å². The molecule has 0 aliphatic carbocycles. The van der Waals surface area contributed by atoms with Crippen LogP contribution in [-0.2, 0) is 16.1 Å². The van der Waals surface area contributed by atoms with Gasteiger partial charge in [-0.15, -0.1) is 0 Å². The van der Waals surface area contributed by atoms with Crippen molar-refractivity contribution >= 4 is 23.2 Å². The molecule has 10 heteroatoms. The Morgan fingerprint density at radius 1 is 1.15 bits per heavy atom. The first-order valence-electron chi connectivity index (χ1n) is 11.0. The lowest BCUT2D eigenvalue weighted by Gasteiger charge is -2.34. The molecule has 0 spiro atoms. The van der Waals surface area contributed by atoms with E-state index in [1.54, 1.807) is 37.1 Å². The number of rotatable bonds is 6. The van der Waals surface area contributed by atoms with E-state index < -0.39 is 12.0 Å². The molecule has 3 heterocycles. The van der Waals surface area contributed by atoms with E-state index in [2.05, 4.69) is 15.2 Å². The van der Waals surface area contributed by atoms with Gasteiger partial charge in [0.1, 0.15) is 23.2 Å². The van der Waals surface area contributed by atoms with Gasteiger partial charge >= 0.3 is 12.0 Å². The molecule has 174 valence electrons. The Morgan fingerprint density at radius 2 is 1.88 bits per heavy atom. The number of aromatic nitrogens is 3. The second kappa shape index (κ2) is 9.95. The third-order valence-corrected chi connectivity index (χ3v) is 5.57. The number of imidazole rings is 1. The van der Waals surface area contributed by atoms with Crippen LogP contribution in [-0.4, -0.2) is 75.2 Å². The number of nitrogens with zero attached hydrogens (tertiary/aromatic N) is 5. The lowest BCUT2D eigenvalue weighted by Crippen LogP contribution is -2.54. The summed E-state index contributed by atoms with van der Waals surface area (Å²) in [5, 5.41) is 2.69. The van der Waals surface area contributed by atoms with E-state index in [0.717, 1.165) is 17.0 Å². The highest BCUT2D eigenvalue weighted by atomic mass is 19.1. The van der Waals surface area contributed by atoms with Crippen LogP contribution in [0.25, 0.3) is 16.9 Å². The molecule has 33 heavy (non-hydrogen) atoms. The van der Waals surface area contributed by atoms with Crippen molar-refractivity contribution in [2.24, 2.45) is 0 Å². The second-order valence-electron chi connectivity index (χ2n) is 7.87.